The molecule has 3 heterocycles. The van der Waals surface area contributed by atoms with Gasteiger partial charge in [-0.05, 0) is 40.1 Å². The maximum Gasteiger partial charge on any atom is 0.145 e. The van der Waals surface area contributed by atoms with Crippen molar-refractivity contribution in [3.05, 3.63) is 78.4 Å². The lowest BCUT2D eigenvalue weighted by Gasteiger charge is -2.11. The molecule has 0 bridgehead atoms. The fourth-order valence-corrected chi connectivity index (χ4v) is 4.18. The average Bonchev–Trinajstić information content (AvgIpc) is 3.26. The Morgan fingerprint density at radius 2 is 1.83 bits per heavy atom. The average molecular weight is 307 g/mol. The summed E-state index contributed by atoms with van der Waals surface area (Å²) in [4.78, 5) is 8.98. The van der Waals surface area contributed by atoms with Gasteiger partial charge in [0, 0.05) is 29.4 Å². The van der Waals surface area contributed by atoms with Gasteiger partial charge >= 0.3 is 0 Å². The minimum absolute atomic E-state index is 0.974. The Morgan fingerprint density at radius 1 is 0.875 bits per heavy atom. The molecule has 0 fully saturated rings. The van der Waals surface area contributed by atoms with Crippen molar-refractivity contribution in [1.82, 2.24) is 14.4 Å². The molecule has 3 heteroatoms. The van der Waals surface area contributed by atoms with Gasteiger partial charge in [0.1, 0.15) is 5.65 Å². The molecule has 0 amide bonds. The molecule has 3 nitrogen and oxygen atoms in total. The SMILES string of the molecule is c1ccc2c(c1)Cc1c-2ccc2c3ccncc3n3ccnc3c12. The van der Waals surface area contributed by atoms with Crippen molar-refractivity contribution in [2.24, 2.45) is 0 Å². The van der Waals surface area contributed by atoms with Crippen LogP contribution in [0.4, 0.5) is 0 Å². The number of pyridine rings is 2. The predicted molar refractivity (Wildman–Crippen MR) is 96.2 cm³/mol. The number of benzene rings is 2. The summed E-state index contributed by atoms with van der Waals surface area (Å²) in [5.41, 5.74) is 7.62. The fourth-order valence-electron chi connectivity index (χ4n) is 4.18. The minimum Gasteiger partial charge on any atom is -0.298 e. The minimum atomic E-state index is 0.974. The van der Waals surface area contributed by atoms with E-state index in [2.05, 4.69) is 56.8 Å². The van der Waals surface area contributed by atoms with Crippen molar-refractivity contribution in [3.63, 3.8) is 0 Å². The Morgan fingerprint density at radius 3 is 2.83 bits per heavy atom. The van der Waals surface area contributed by atoms with E-state index >= 15 is 0 Å². The highest BCUT2D eigenvalue weighted by Crippen LogP contribution is 2.42. The molecule has 0 N–H and O–H groups in total. The van der Waals surface area contributed by atoms with Gasteiger partial charge in [0.05, 0.1) is 11.7 Å². The van der Waals surface area contributed by atoms with Gasteiger partial charge in [-0.3, -0.25) is 9.38 Å². The van der Waals surface area contributed by atoms with Crippen molar-refractivity contribution in [2.75, 3.05) is 0 Å². The monoisotopic (exact) mass is 307 g/mol. The van der Waals surface area contributed by atoms with Gasteiger partial charge in [0.25, 0.3) is 0 Å². The van der Waals surface area contributed by atoms with E-state index in [-0.39, 0.29) is 0 Å². The molecule has 0 unspecified atom stereocenters. The van der Waals surface area contributed by atoms with E-state index in [1.165, 1.54) is 38.4 Å². The standard InChI is InChI=1S/C21H13N3/c1-2-4-14-13(3-1)11-18-15(14)5-6-17-16-7-8-22-12-19(16)24-10-9-23-21(24)20(17)18/h1-10,12H,11H2. The predicted octanol–water partition coefficient (Wildman–Crippen LogP) is 4.61. The number of aromatic nitrogens is 3. The highest BCUT2D eigenvalue weighted by molar-refractivity contribution is 6.14. The molecule has 0 saturated carbocycles. The molecule has 24 heavy (non-hydrogen) atoms. The molecule has 2 aromatic carbocycles. The van der Waals surface area contributed by atoms with Crippen LogP contribution in [-0.2, 0) is 6.42 Å². The summed E-state index contributed by atoms with van der Waals surface area (Å²) < 4.78 is 2.16. The van der Waals surface area contributed by atoms with E-state index in [4.69, 9.17) is 0 Å². The lowest BCUT2D eigenvalue weighted by Crippen LogP contribution is -1.94. The first-order valence-corrected chi connectivity index (χ1v) is 8.14. The first-order chi connectivity index (χ1) is 11.9. The van der Waals surface area contributed by atoms with Crippen LogP contribution < -0.4 is 0 Å². The lowest BCUT2D eigenvalue weighted by molar-refractivity contribution is 1.23. The van der Waals surface area contributed by atoms with Crippen LogP contribution in [0.15, 0.2) is 67.3 Å². The van der Waals surface area contributed by atoms with Gasteiger partial charge in [-0.25, -0.2) is 4.98 Å². The van der Waals surface area contributed by atoms with Crippen LogP contribution in [0.5, 0.6) is 0 Å². The molecule has 1 aliphatic carbocycles. The quantitative estimate of drug-likeness (QED) is 0.384. The molecule has 0 spiro atoms. The second-order valence-electron chi connectivity index (χ2n) is 6.36. The zero-order valence-corrected chi connectivity index (χ0v) is 12.9. The first kappa shape index (κ1) is 12.3. The topological polar surface area (TPSA) is 30.2 Å². The highest BCUT2D eigenvalue weighted by Gasteiger charge is 2.22. The number of hydrogen-bond acceptors (Lipinski definition) is 2. The molecule has 6 rings (SSSR count). The smallest absolute Gasteiger partial charge is 0.145 e. The molecule has 1 aliphatic rings. The van der Waals surface area contributed by atoms with Gasteiger partial charge in [-0.1, -0.05) is 36.4 Å². The van der Waals surface area contributed by atoms with E-state index in [9.17, 15) is 0 Å². The number of rotatable bonds is 0. The van der Waals surface area contributed by atoms with E-state index in [0.717, 1.165) is 17.6 Å². The second-order valence-corrected chi connectivity index (χ2v) is 6.36. The Bertz CT molecular complexity index is 1280. The molecule has 112 valence electrons. The van der Waals surface area contributed by atoms with Crippen LogP contribution in [0.2, 0.25) is 0 Å². The second kappa shape index (κ2) is 4.20. The van der Waals surface area contributed by atoms with E-state index < -0.39 is 0 Å². The summed E-state index contributed by atoms with van der Waals surface area (Å²) in [5.74, 6) is 0. The van der Waals surface area contributed by atoms with Crippen LogP contribution in [0.1, 0.15) is 11.1 Å². The Balaban J connectivity index is 1.88. The summed E-state index contributed by atoms with van der Waals surface area (Å²) >= 11 is 0. The van der Waals surface area contributed by atoms with Crippen molar-refractivity contribution in [1.29, 1.82) is 0 Å². The van der Waals surface area contributed by atoms with Crippen LogP contribution in [0.3, 0.4) is 0 Å². The van der Waals surface area contributed by atoms with Crippen molar-refractivity contribution in [2.45, 2.75) is 6.42 Å². The van der Waals surface area contributed by atoms with Crippen molar-refractivity contribution in [3.8, 4) is 11.1 Å². The molecular formula is C21H13N3. The summed E-state index contributed by atoms with van der Waals surface area (Å²) in [5, 5.41) is 3.76. The largest absolute Gasteiger partial charge is 0.298 e. The van der Waals surface area contributed by atoms with Crippen LogP contribution in [0, 0.1) is 0 Å². The van der Waals surface area contributed by atoms with E-state index in [1.54, 1.807) is 0 Å². The third kappa shape index (κ3) is 1.38. The summed E-state index contributed by atoms with van der Waals surface area (Å²) in [6, 6.07) is 15.3. The molecule has 3 aromatic heterocycles. The number of imidazole rings is 1. The van der Waals surface area contributed by atoms with Crippen molar-refractivity contribution < 1.29 is 0 Å². The van der Waals surface area contributed by atoms with Gasteiger partial charge in [0.2, 0.25) is 0 Å². The number of nitrogens with zero attached hydrogens (tertiary/aromatic N) is 3. The summed E-state index contributed by atoms with van der Waals surface area (Å²) in [6.07, 6.45) is 8.67. The van der Waals surface area contributed by atoms with Crippen LogP contribution in [0.25, 0.3) is 38.4 Å². The third-order valence-electron chi connectivity index (χ3n) is 5.20. The Labute approximate surface area is 138 Å². The number of hydrogen-bond donors (Lipinski definition) is 0. The Hall–Kier alpha value is -3.20. The summed E-state index contributed by atoms with van der Waals surface area (Å²) in [6.45, 7) is 0. The van der Waals surface area contributed by atoms with E-state index in [0.29, 0.717) is 0 Å². The molecule has 0 atom stereocenters. The van der Waals surface area contributed by atoms with Gasteiger partial charge in [-0.15, -0.1) is 0 Å². The molecule has 0 aliphatic heterocycles. The first-order valence-electron chi connectivity index (χ1n) is 8.14. The Kier molecular flexibility index (Phi) is 2.15. The third-order valence-corrected chi connectivity index (χ3v) is 5.20. The van der Waals surface area contributed by atoms with Gasteiger partial charge in [-0.2, -0.15) is 0 Å². The fraction of sp³-hybridized carbons (Fsp3) is 0.0476. The molecular weight excluding hydrogens is 294 g/mol. The zero-order valence-electron chi connectivity index (χ0n) is 12.9. The van der Waals surface area contributed by atoms with Crippen LogP contribution >= 0.6 is 0 Å². The van der Waals surface area contributed by atoms with Gasteiger partial charge < -0.3 is 0 Å². The molecule has 5 aromatic rings. The maximum atomic E-state index is 4.67. The summed E-state index contributed by atoms with van der Waals surface area (Å²) in [7, 11) is 0. The molecule has 0 radical (unpaired) electrons. The van der Waals surface area contributed by atoms with Crippen molar-refractivity contribution >= 4 is 27.3 Å². The lowest BCUT2D eigenvalue weighted by atomic mass is 9.98. The molecule has 0 saturated heterocycles. The highest BCUT2D eigenvalue weighted by atomic mass is 15.0. The number of fused-ring (bicyclic) bond motifs is 10. The van der Waals surface area contributed by atoms with Gasteiger partial charge in [0.15, 0.2) is 0 Å². The zero-order chi connectivity index (χ0) is 15.7. The van der Waals surface area contributed by atoms with Crippen LogP contribution in [-0.4, -0.2) is 14.4 Å². The maximum absolute atomic E-state index is 4.67. The van der Waals surface area contributed by atoms with E-state index in [1.807, 2.05) is 24.8 Å². The normalized spacial score (nSPS) is 12.8.